The third-order valence-electron chi connectivity index (χ3n) is 3.61. The van der Waals surface area contributed by atoms with Crippen molar-refractivity contribution in [3.05, 3.63) is 64.7 Å². The molecule has 2 rings (SSSR count). The maximum atomic E-state index is 12.2. The second kappa shape index (κ2) is 8.83. The van der Waals surface area contributed by atoms with Crippen LogP contribution in [0.25, 0.3) is 0 Å². The fourth-order valence-corrected chi connectivity index (χ4v) is 3.92. The summed E-state index contributed by atoms with van der Waals surface area (Å²) >= 11 is 5.94. The topological polar surface area (TPSA) is 109 Å². The van der Waals surface area contributed by atoms with Crippen LogP contribution in [0, 0.1) is 0 Å². The molecular weight excluding hydrogens is 412 g/mol. The Kier molecular flexibility index (Phi) is 6.99. The minimum atomic E-state index is -3.59. The number of halogens is 1. The summed E-state index contributed by atoms with van der Waals surface area (Å²) in [7, 11) is -7.09. The molecule has 2 aromatic carbocycles. The molecule has 0 aliphatic carbocycles. The molecule has 0 saturated heterocycles. The van der Waals surface area contributed by atoms with Gasteiger partial charge in [0.25, 0.3) is 5.91 Å². The van der Waals surface area contributed by atoms with E-state index in [0.717, 1.165) is 17.9 Å². The largest absolute Gasteiger partial charge is 0.351 e. The average molecular weight is 431 g/mol. The van der Waals surface area contributed by atoms with E-state index in [2.05, 4.69) is 10.0 Å². The highest BCUT2D eigenvalue weighted by Crippen LogP contribution is 2.20. The maximum absolute atomic E-state index is 12.2. The van der Waals surface area contributed by atoms with Crippen LogP contribution in [0.2, 0.25) is 5.02 Å². The van der Waals surface area contributed by atoms with Gasteiger partial charge in [-0.15, -0.1) is 0 Å². The Morgan fingerprint density at radius 3 is 2.33 bits per heavy atom. The normalized spacial score (nSPS) is 11.9. The fraction of sp³-hybridized carbons (Fsp3) is 0.235. The number of hydrogen-bond donors (Lipinski definition) is 2. The number of hydrogen-bond acceptors (Lipinski definition) is 5. The van der Waals surface area contributed by atoms with E-state index in [4.69, 9.17) is 11.6 Å². The summed E-state index contributed by atoms with van der Waals surface area (Å²) in [5.74, 6) is -0.974. The molecule has 0 aliphatic heterocycles. The number of carbonyl (C=O) groups is 1. The molecule has 0 bridgehead atoms. The SMILES string of the molecule is CS(=O)(=O)c1ccc(Cl)c(C(=O)NCCS(=O)(=O)NCc2ccccc2)c1. The lowest BCUT2D eigenvalue weighted by atomic mass is 10.2. The monoisotopic (exact) mass is 430 g/mol. The van der Waals surface area contributed by atoms with E-state index in [1.165, 1.54) is 12.1 Å². The van der Waals surface area contributed by atoms with Crippen molar-refractivity contribution in [2.75, 3.05) is 18.6 Å². The van der Waals surface area contributed by atoms with Crippen molar-refractivity contribution in [1.82, 2.24) is 10.0 Å². The molecule has 0 saturated carbocycles. The number of sulfonamides is 1. The molecule has 0 radical (unpaired) electrons. The van der Waals surface area contributed by atoms with Crippen molar-refractivity contribution in [1.29, 1.82) is 0 Å². The molecule has 0 unspecified atom stereocenters. The van der Waals surface area contributed by atoms with Crippen LogP contribution in [0.3, 0.4) is 0 Å². The van der Waals surface area contributed by atoms with E-state index in [9.17, 15) is 21.6 Å². The lowest BCUT2D eigenvalue weighted by molar-refractivity contribution is 0.0956. The highest BCUT2D eigenvalue weighted by Gasteiger charge is 2.16. The molecule has 0 fully saturated rings. The quantitative estimate of drug-likeness (QED) is 0.661. The van der Waals surface area contributed by atoms with Gasteiger partial charge in [-0.1, -0.05) is 41.9 Å². The molecule has 2 N–H and O–H groups in total. The zero-order chi connectivity index (χ0) is 20.1. The molecule has 0 aliphatic rings. The number of sulfone groups is 1. The van der Waals surface area contributed by atoms with Gasteiger partial charge in [-0.3, -0.25) is 4.79 Å². The summed E-state index contributed by atoms with van der Waals surface area (Å²) in [6.07, 6.45) is 1.02. The van der Waals surface area contributed by atoms with Gasteiger partial charge in [0.2, 0.25) is 10.0 Å². The molecule has 0 aromatic heterocycles. The number of benzene rings is 2. The van der Waals surface area contributed by atoms with E-state index < -0.39 is 25.8 Å². The van der Waals surface area contributed by atoms with Gasteiger partial charge < -0.3 is 5.32 Å². The van der Waals surface area contributed by atoms with Crippen molar-refractivity contribution in [3.63, 3.8) is 0 Å². The van der Waals surface area contributed by atoms with Gasteiger partial charge in [0.05, 0.1) is 21.2 Å². The number of amides is 1. The van der Waals surface area contributed by atoms with Crippen LogP contribution in [0.5, 0.6) is 0 Å². The third kappa shape index (κ3) is 6.62. The minimum absolute atomic E-state index is 0.0331. The Balaban J connectivity index is 1.94. The zero-order valence-corrected chi connectivity index (χ0v) is 16.9. The Hall–Kier alpha value is -1.94. The predicted molar refractivity (Wildman–Crippen MR) is 104 cm³/mol. The van der Waals surface area contributed by atoms with Crippen LogP contribution >= 0.6 is 11.6 Å². The summed E-state index contributed by atoms with van der Waals surface area (Å²) < 4.78 is 49.6. The van der Waals surface area contributed by atoms with E-state index in [0.29, 0.717) is 0 Å². The summed E-state index contributed by atoms with van der Waals surface area (Å²) in [6.45, 7) is 0.00173. The molecule has 10 heteroatoms. The van der Waals surface area contributed by atoms with Crippen LogP contribution < -0.4 is 10.0 Å². The molecule has 7 nitrogen and oxygen atoms in total. The Morgan fingerprint density at radius 1 is 1.04 bits per heavy atom. The van der Waals surface area contributed by atoms with E-state index in [-0.39, 0.29) is 34.3 Å². The van der Waals surface area contributed by atoms with Crippen LogP contribution in [0.4, 0.5) is 0 Å². The average Bonchev–Trinajstić information content (AvgIpc) is 2.60. The second-order valence-corrected chi connectivity index (χ2v) is 10.1. The van der Waals surface area contributed by atoms with Crippen molar-refractivity contribution in [2.24, 2.45) is 0 Å². The number of nitrogens with one attached hydrogen (secondary N) is 2. The van der Waals surface area contributed by atoms with Crippen LogP contribution in [-0.2, 0) is 26.4 Å². The highest BCUT2D eigenvalue weighted by atomic mass is 35.5. The first-order valence-electron chi connectivity index (χ1n) is 7.87. The van der Waals surface area contributed by atoms with Crippen molar-refractivity contribution in [2.45, 2.75) is 11.4 Å². The highest BCUT2D eigenvalue weighted by molar-refractivity contribution is 7.90. The minimum Gasteiger partial charge on any atom is -0.351 e. The van der Waals surface area contributed by atoms with E-state index >= 15 is 0 Å². The second-order valence-electron chi connectivity index (χ2n) is 5.80. The molecule has 0 spiro atoms. The smallest absolute Gasteiger partial charge is 0.252 e. The van der Waals surface area contributed by atoms with Crippen molar-refractivity contribution < 1.29 is 21.6 Å². The van der Waals surface area contributed by atoms with Crippen molar-refractivity contribution in [3.8, 4) is 0 Å². The molecule has 0 heterocycles. The predicted octanol–water partition coefficient (Wildman–Crippen LogP) is 1.59. The molecule has 1 amide bonds. The van der Waals surface area contributed by atoms with Crippen LogP contribution in [0.15, 0.2) is 53.4 Å². The van der Waals surface area contributed by atoms with Gasteiger partial charge in [0.15, 0.2) is 9.84 Å². The summed E-state index contributed by atoms with van der Waals surface area (Å²) in [6, 6.07) is 12.8. The summed E-state index contributed by atoms with van der Waals surface area (Å²) in [4.78, 5) is 12.2. The summed E-state index contributed by atoms with van der Waals surface area (Å²) in [5, 5.41) is 2.51. The molecule has 0 atom stereocenters. The van der Waals surface area contributed by atoms with Crippen LogP contribution in [-0.4, -0.2) is 41.3 Å². The first-order chi connectivity index (χ1) is 12.6. The molecule has 27 heavy (non-hydrogen) atoms. The summed E-state index contributed by atoms with van der Waals surface area (Å²) in [5.41, 5.74) is 0.781. The first-order valence-corrected chi connectivity index (χ1v) is 11.8. The Morgan fingerprint density at radius 2 is 1.70 bits per heavy atom. The van der Waals surface area contributed by atoms with Crippen LogP contribution in [0.1, 0.15) is 15.9 Å². The number of carbonyl (C=O) groups excluding carboxylic acids is 1. The fourth-order valence-electron chi connectivity index (χ4n) is 2.16. The van der Waals surface area contributed by atoms with Gasteiger partial charge in [0, 0.05) is 19.3 Å². The maximum Gasteiger partial charge on any atom is 0.252 e. The zero-order valence-electron chi connectivity index (χ0n) is 14.5. The first kappa shape index (κ1) is 21.4. The lowest BCUT2D eigenvalue weighted by Crippen LogP contribution is -2.34. The Labute approximate surface area is 163 Å². The standard InChI is InChI=1S/C17H19ClN2O5S2/c1-26(22,23)14-7-8-16(18)15(11-14)17(21)19-9-10-27(24,25)20-12-13-5-3-2-4-6-13/h2-8,11,20H,9-10,12H2,1H3,(H,19,21). The molecular formula is C17H19ClN2O5S2. The number of rotatable bonds is 8. The molecule has 146 valence electrons. The van der Waals surface area contributed by atoms with Gasteiger partial charge in [-0.05, 0) is 23.8 Å². The van der Waals surface area contributed by atoms with E-state index in [1.54, 1.807) is 24.3 Å². The van der Waals surface area contributed by atoms with E-state index in [1.807, 2.05) is 6.07 Å². The Bertz CT molecular complexity index is 1020. The van der Waals surface area contributed by atoms with Gasteiger partial charge in [-0.2, -0.15) is 0 Å². The van der Waals surface area contributed by atoms with Crippen molar-refractivity contribution >= 4 is 37.4 Å². The van der Waals surface area contributed by atoms with Gasteiger partial charge in [0.1, 0.15) is 0 Å². The lowest BCUT2D eigenvalue weighted by Gasteiger charge is -2.10. The molecule has 2 aromatic rings. The van der Waals surface area contributed by atoms with Gasteiger partial charge >= 0.3 is 0 Å². The third-order valence-corrected chi connectivity index (χ3v) is 6.37. The van der Waals surface area contributed by atoms with Gasteiger partial charge in [-0.25, -0.2) is 21.6 Å².